The first kappa shape index (κ1) is 12.2. The maximum atomic E-state index is 11.4. The van der Waals surface area contributed by atoms with E-state index in [4.69, 9.17) is 0 Å². The van der Waals surface area contributed by atoms with Gasteiger partial charge >= 0.3 is 11.9 Å². The fourth-order valence-corrected chi connectivity index (χ4v) is 2.24. The summed E-state index contributed by atoms with van der Waals surface area (Å²) in [6.07, 6.45) is 5.68. The van der Waals surface area contributed by atoms with Crippen LogP contribution in [-0.2, 0) is 14.3 Å². The van der Waals surface area contributed by atoms with Gasteiger partial charge in [0, 0.05) is 0 Å². The van der Waals surface area contributed by atoms with Crippen LogP contribution in [0.1, 0.15) is 52.4 Å². The summed E-state index contributed by atoms with van der Waals surface area (Å²) in [6, 6.07) is 0. The van der Waals surface area contributed by atoms with Crippen molar-refractivity contribution in [2.45, 2.75) is 52.4 Å². The van der Waals surface area contributed by atoms with E-state index in [1.807, 2.05) is 0 Å². The van der Waals surface area contributed by atoms with Crippen molar-refractivity contribution in [3.05, 3.63) is 0 Å². The topological polar surface area (TPSA) is 43.4 Å². The van der Waals surface area contributed by atoms with E-state index < -0.39 is 0 Å². The second kappa shape index (κ2) is 5.89. The first-order valence-electron chi connectivity index (χ1n) is 5.93. The van der Waals surface area contributed by atoms with Crippen LogP contribution in [0.4, 0.5) is 0 Å². The van der Waals surface area contributed by atoms with Gasteiger partial charge in [-0.3, -0.25) is 9.59 Å². The van der Waals surface area contributed by atoms with Gasteiger partial charge in [-0.25, -0.2) is 0 Å². The van der Waals surface area contributed by atoms with Crippen molar-refractivity contribution < 1.29 is 14.3 Å². The van der Waals surface area contributed by atoms with E-state index in [2.05, 4.69) is 18.6 Å². The summed E-state index contributed by atoms with van der Waals surface area (Å²) < 4.78 is 4.60. The van der Waals surface area contributed by atoms with Crippen LogP contribution in [-0.4, -0.2) is 11.9 Å². The average Bonchev–Trinajstić information content (AvgIpc) is 2.52. The van der Waals surface area contributed by atoms with Gasteiger partial charge in [0.1, 0.15) is 0 Å². The first-order valence-corrected chi connectivity index (χ1v) is 5.93. The molecule has 1 saturated heterocycles. The fraction of sp³-hybridized carbons (Fsp3) is 0.833. The van der Waals surface area contributed by atoms with Crippen LogP contribution in [0.5, 0.6) is 0 Å². The van der Waals surface area contributed by atoms with Gasteiger partial charge in [0.15, 0.2) is 0 Å². The molecule has 15 heavy (non-hydrogen) atoms. The molecule has 0 bridgehead atoms. The summed E-state index contributed by atoms with van der Waals surface area (Å²) in [5, 5.41) is 0. The summed E-state index contributed by atoms with van der Waals surface area (Å²) in [5.41, 5.74) is 0. The smallest absolute Gasteiger partial charge is 0.317 e. The summed E-state index contributed by atoms with van der Waals surface area (Å²) in [4.78, 5) is 22.4. The van der Waals surface area contributed by atoms with Crippen molar-refractivity contribution in [1.82, 2.24) is 0 Å². The molecular weight excluding hydrogens is 192 g/mol. The zero-order chi connectivity index (χ0) is 11.3. The molecule has 1 heterocycles. The van der Waals surface area contributed by atoms with Gasteiger partial charge < -0.3 is 4.74 Å². The molecule has 1 rings (SSSR count). The zero-order valence-corrected chi connectivity index (χ0v) is 9.62. The molecule has 0 spiro atoms. The van der Waals surface area contributed by atoms with Gasteiger partial charge in [-0.2, -0.15) is 0 Å². The van der Waals surface area contributed by atoms with Gasteiger partial charge in [-0.1, -0.05) is 33.1 Å². The van der Waals surface area contributed by atoms with Crippen molar-refractivity contribution in [3.8, 4) is 0 Å². The number of unbranched alkanes of at least 4 members (excludes halogenated alkanes) is 1. The number of esters is 2. The van der Waals surface area contributed by atoms with Crippen molar-refractivity contribution >= 4 is 11.9 Å². The zero-order valence-electron chi connectivity index (χ0n) is 9.62. The lowest BCUT2D eigenvalue weighted by atomic mass is 9.83. The predicted molar refractivity (Wildman–Crippen MR) is 57.1 cm³/mol. The highest BCUT2D eigenvalue weighted by atomic mass is 16.6. The molecular formula is C12H20O3. The fourth-order valence-electron chi connectivity index (χ4n) is 2.24. The van der Waals surface area contributed by atoms with Crippen LogP contribution in [0.2, 0.25) is 0 Å². The van der Waals surface area contributed by atoms with E-state index >= 15 is 0 Å². The first-order chi connectivity index (χ1) is 7.19. The predicted octanol–water partition coefficient (Wildman–Crippen LogP) is 2.68. The molecule has 0 radical (unpaired) electrons. The van der Waals surface area contributed by atoms with Crippen LogP contribution < -0.4 is 0 Å². The number of rotatable bonds is 6. The summed E-state index contributed by atoms with van der Waals surface area (Å²) in [5.74, 6) is -0.463. The number of carbonyl (C=O) groups excluding carboxylic acids is 2. The number of carbonyl (C=O) groups is 2. The molecule has 1 fully saturated rings. The van der Waals surface area contributed by atoms with Gasteiger partial charge in [0.2, 0.25) is 0 Å². The summed E-state index contributed by atoms with van der Waals surface area (Å²) in [7, 11) is 0. The SMILES string of the molecule is CCCCC(CCC)C1CC(=O)OC1=O. The Bertz CT molecular complexity index is 235. The lowest BCUT2D eigenvalue weighted by Crippen LogP contribution is -2.19. The third kappa shape index (κ3) is 3.33. The Kier molecular flexibility index (Phi) is 4.79. The van der Waals surface area contributed by atoms with Gasteiger partial charge in [-0.05, 0) is 18.8 Å². The highest BCUT2D eigenvalue weighted by molar-refractivity contribution is 5.94. The maximum absolute atomic E-state index is 11.4. The van der Waals surface area contributed by atoms with E-state index in [1.165, 1.54) is 0 Å². The van der Waals surface area contributed by atoms with Crippen molar-refractivity contribution in [2.24, 2.45) is 11.8 Å². The Balaban J connectivity index is 2.54. The second-order valence-corrected chi connectivity index (χ2v) is 4.29. The normalized spacial score (nSPS) is 22.9. The Morgan fingerprint density at radius 2 is 2.00 bits per heavy atom. The van der Waals surface area contributed by atoms with E-state index in [0.29, 0.717) is 12.3 Å². The molecule has 2 atom stereocenters. The minimum absolute atomic E-state index is 0.163. The van der Waals surface area contributed by atoms with Gasteiger partial charge in [0.25, 0.3) is 0 Å². The summed E-state index contributed by atoms with van der Waals surface area (Å²) >= 11 is 0. The lowest BCUT2D eigenvalue weighted by Gasteiger charge is -2.18. The van der Waals surface area contributed by atoms with Crippen molar-refractivity contribution in [2.75, 3.05) is 0 Å². The molecule has 1 aliphatic rings. The largest absolute Gasteiger partial charge is 0.393 e. The van der Waals surface area contributed by atoms with E-state index in [-0.39, 0.29) is 17.9 Å². The third-order valence-electron chi connectivity index (χ3n) is 3.06. The molecule has 3 nitrogen and oxygen atoms in total. The van der Waals surface area contributed by atoms with E-state index in [1.54, 1.807) is 0 Å². The quantitative estimate of drug-likeness (QED) is 0.502. The highest BCUT2D eigenvalue weighted by Gasteiger charge is 2.38. The second-order valence-electron chi connectivity index (χ2n) is 4.29. The molecule has 0 N–H and O–H groups in total. The van der Waals surface area contributed by atoms with Crippen LogP contribution in [0.25, 0.3) is 0 Å². The minimum atomic E-state index is -0.345. The lowest BCUT2D eigenvalue weighted by molar-refractivity contribution is -0.153. The van der Waals surface area contributed by atoms with Crippen molar-refractivity contribution in [1.29, 1.82) is 0 Å². The van der Waals surface area contributed by atoms with E-state index in [9.17, 15) is 9.59 Å². The molecule has 0 aromatic heterocycles. The van der Waals surface area contributed by atoms with Crippen LogP contribution in [0, 0.1) is 11.8 Å². The molecule has 86 valence electrons. The molecule has 1 aliphatic heterocycles. The molecule has 2 unspecified atom stereocenters. The number of hydrogen-bond acceptors (Lipinski definition) is 3. The Morgan fingerprint density at radius 3 is 2.47 bits per heavy atom. The Morgan fingerprint density at radius 1 is 1.27 bits per heavy atom. The number of ether oxygens (including phenoxy) is 1. The molecule has 0 aliphatic carbocycles. The Hall–Kier alpha value is -0.860. The molecule has 0 aromatic carbocycles. The van der Waals surface area contributed by atoms with Gasteiger partial charge in [-0.15, -0.1) is 0 Å². The average molecular weight is 212 g/mol. The standard InChI is InChI=1S/C12H20O3/c1-3-5-7-9(6-4-2)10-8-11(13)15-12(10)14/h9-10H,3-8H2,1-2H3. The van der Waals surface area contributed by atoms with Crippen LogP contribution in [0.15, 0.2) is 0 Å². The van der Waals surface area contributed by atoms with Crippen LogP contribution >= 0.6 is 0 Å². The molecule has 0 saturated carbocycles. The monoisotopic (exact) mass is 212 g/mol. The number of hydrogen-bond donors (Lipinski definition) is 0. The number of cyclic esters (lactones) is 2. The molecule has 3 heteroatoms. The van der Waals surface area contributed by atoms with Gasteiger partial charge in [0.05, 0.1) is 12.3 Å². The Labute approximate surface area is 91.2 Å². The maximum Gasteiger partial charge on any atom is 0.317 e. The minimum Gasteiger partial charge on any atom is -0.393 e. The van der Waals surface area contributed by atoms with Crippen LogP contribution in [0.3, 0.4) is 0 Å². The third-order valence-corrected chi connectivity index (χ3v) is 3.06. The molecule has 0 amide bonds. The molecule has 0 aromatic rings. The van der Waals surface area contributed by atoms with Crippen molar-refractivity contribution in [3.63, 3.8) is 0 Å². The highest BCUT2D eigenvalue weighted by Crippen LogP contribution is 2.31. The summed E-state index contributed by atoms with van der Waals surface area (Å²) in [6.45, 7) is 4.25. The van der Waals surface area contributed by atoms with E-state index in [0.717, 1.165) is 32.1 Å².